The summed E-state index contributed by atoms with van der Waals surface area (Å²) >= 11 is 0. The third-order valence-corrected chi connectivity index (χ3v) is 3.13. The van der Waals surface area contributed by atoms with E-state index in [4.69, 9.17) is 5.84 Å². The van der Waals surface area contributed by atoms with Crippen molar-refractivity contribution in [2.75, 3.05) is 12.0 Å². The summed E-state index contributed by atoms with van der Waals surface area (Å²) in [5.74, 6) is 6.56. The first-order valence-electron chi connectivity index (χ1n) is 7.42. The Morgan fingerprint density at radius 1 is 1.29 bits per heavy atom. The van der Waals surface area contributed by atoms with Crippen LogP contribution in [0.4, 0.5) is 5.69 Å². The Bertz CT molecular complexity index is 485. The van der Waals surface area contributed by atoms with Gasteiger partial charge >= 0.3 is 0 Å². The Kier molecular flexibility index (Phi) is 6.08. The molecule has 1 rings (SSSR count). The van der Waals surface area contributed by atoms with Crippen LogP contribution in [-0.2, 0) is 0 Å². The molecule has 118 valence electrons. The molecule has 21 heavy (non-hydrogen) atoms. The van der Waals surface area contributed by atoms with Crippen molar-refractivity contribution in [3.8, 4) is 0 Å². The van der Waals surface area contributed by atoms with Crippen LogP contribution in [0.1, 0.15) is 63.8 Å². The zero-order chi connectivity index (χ0) is 16.2. The van der Waals surface area contributed by atoms with Crippen LogP contribution in [0.15, 0.2) is 6.20 Å². The molecule has 0 spiro atoms. The minimum Gasteiger partial charge on any atom is -0.335 e. The number of nitrogen functional groups attached to an aromatic ring is 1. The van der Waals surface area contributed by atoms with Crippen LogP contribution >= 0.6 is 0 Å². The summed E-state index contributed by atoms with van der Waals surface area (Å²) in [7, 11) is 0. The number of anilines is 1. The quantitative estimate of drug-likeness (QED) is 0.621. The lowest BCUT2D eigenvalue weighted by Gasteiger charge is -2.29. The lowest BCUT2D eigenvalue weighted by Crippen LogP contribution is -2.40. The summed E-state index contributed by atoms with van der Waals surface area (Å²) < 4.78 is 0. The highest BCUT2D eigenvalue weighted by molar-refractivity contribution is 5.97. The van der Waals surface area contributed by atoms with E-state index in [1.54, 1.807) is 6.20 Å². The van der Waals surface area contributed by atoms with Gasteiger partial charge in [0.25, 0.3) is 5.91 Å². The molecule has 0 saturated heterocycles. The average molecular weight is 293 g/mol. The van der Waals surface area contributed by atoms with Gasteiger partial charge < -0.3 is 10.3 Å². The molecule has 0 aliphatic heterocycles. The Hall–Kier alpha value is -1.69. The molecule has 0 aliphatic rings. The summed E-state index contributed by atoms with van der Waals surface area (Å²) in [5, 5.41) is 0. The molecule has 0 unspecified atom stereocenters. The van der Waals surface area contributed by atoms with E-state index < -0.39 is 0 Å². The van der Waals surface area contributed by atoms with Crippen LogP contribution in [0.3, 0.4) is 0 Å². The van der Waals surface area contributed by atoms with Gasteiger partial charge in [0, 0.05) is 18.5 Å². The van der Waals surface area contributed by atoms with E-state index in [0.717, 1.165) is 0 Å². The monoisotopic (exact) mass is 293 g/mol. The number of hydrazine groups is 1. The normalized spacial score (nSPS) is 11.3. The van der Waals surface area contributed by atoms with Gasteiger partial charge in [0.2, 0.25) is 0 Å². The maximum atomic E-state index is 12.8. The van der Waals surface area contributed by atoms with Crippen LogP contribution in [0.2, 0.25) is 0 Å². The number of hydrogen-bond acceptors (Lipinski definition) is 5. The maximum Gasteiger partial charge on any atom is 0.275 e. The number of amides is 1. The first-order valence-corrected chi connectivity index (χ1v) is 7.42. The molecule has 1 aromatic rings. The lowest BCUT2D eigenvalue weighted by atomic mass is 10.1. The van der Waals surface area contributed by atoms with E-state index in [1.807, 2.05) is 32.6 Å². The van der Waals surface area contributed by atoms with Crippen molar-refractivity contribution in [2.45, 2.75) is 53.5 Å². The van der Waals surface area contributed by atoms with Gasteiger partial charge in [-0.25, -0.2) is 9.97 Å². The highest BCUT2D eigenvalue weighted by Crippen LogP contribution is 2.19. The largest absolute Gasteiger partial charge is 0.335 e. The molecule has 0 atom stereocenters. The van der Waals surface area contributed by atoms with E-state index >= 15 is 0 Å². The third-order valence-electron chi connectivity index (χ3n) is 3.13. The van der Waals surface area contributed by atoms with Gasteiger partial charge in [-0.1, -0.05) is 27.7 Å². The zero-order valence-electron chi connectivity index (χ0n) is 13.8. The summed E-state index contributed by atoms with van der Waals surface area (Å²) in [6.07, 6.45) is 1.57. The molecule has 0 aromatic carbocycles. The van der Waals surface area contributed by atoms with E-state index in [0.29, 0.717) is 29.7 Å². The van der Waals surface area contributed by atoms with E-state index in [2.05, 4.69) is 29.2 Å². The number of aromatic nitrogens is 2. The average Bonchev–Trinajstić information content (AvgIpc) is 2.42. The van der Waals surface area contributed by atoms with Crippen molar-refractivity contribution >= 4 is 11.6 Å². The smallest absolute Gasteiger partial charge is 0.275 e. The van der Waals surface area contributed by atoms with Crippen LogP contribution in [-0.4, -0.2) is 33.4 Å². The molecule has 0 radical (unpaired) electrons. The second-order valence-corrected chi connectivity index (χ2v) is 6.23. The van der Waals surface area contributed by atoms with Gasteiger partial charge in [0.1, 0.15) is 5.82 Å². The number of carbonyl (C=O) groups excluding carboxylic acids is 1. The summed E-state index contributed by atoms with van der Waals surface area (Å²) in [5.41, 5.74) is 3.31. The van der Waals surface area contributed by atoms with Crippen molar-refractivity contribution in [1.29, 1.82) is 0 Å². The van der Waals surface area contributed by atoms with Crippen molar-refractivity contribution in [3.05, 3.63) is 17.7 Å². The predicted molar refractivity (Wildman–Crippen MR) is 84.9 cm³/mol. The topological polar surface area (TPSA) is 84.1 Å². The van der Waals surface area contributed by atoms with Crippen LogP contribution in [0.5, 0.6) is 0 Å². The van der Waals surface area contributed by atoms with E-state index in [9.17, 15) is 4.79 Å². The standard InChI is InChI=1S/C15H27N5O/c1-9(2)8-20(11(5)6)15(21)13-12(19-16)7-17-14(18-13)10(3)4/h7,9-11,19H,8,16H2,1-6H3. The highest BCUT2D eigenvalue weighted by atomic mass is 16.2. The summed E-state index contributed by atoms with van der Waals surface area (Å²) in [4.78, 5) is 23.3. The number of carbonyl (C=O) groups is 1. The molecule has 6 nitrogen and oxygen atoms in total. The minimum atomic E-state index is -0.115. The third kappa shape index (κ3) is 4.39. The fourth-order valence-corrected chi connectivity index (χ4v) is 2.00. The summed E-state index contributed by atoms with van der Waals surface area (Å²) in [6.45, 7) is 12.8. The van der Waals surface area contributed by atoms with Crippen LogP contribution in [0.25, 0.3) is 0 Å². The van der Waals surface area contributed by atoms with Crippen molar-refractivity contribution in [2.24, 2.45) is 11.8 Å². The van der Waals surface area contributed by atoms with Crippen LogP contribution in [0, 0.1) is 5.92 Å². The summed E-state index contributed by atoms with van der Waals surface area (Å²) in [6, 6.07) is 0.1000. The Balaban J connectivity index is 3.21. The molecule has 0 bridgehead atoms. The highest BCUT2D eigenvalue weighted by Gasteiger charge is 2.24. The molecule has 0 saturated carbocycles. The molecular weight excluding hydrogens is 266 g/mol. The molecule has 1 aromatic heterocycles. The number of hydrogen-bond donors (Lipinski definition) is 2. The lowest BCUT2D eigenvalue weighted by molar-refractivity contribution is 0.0676. The van der Waals surface area contributed by atoms with Crippen molar-refractivity contribution in [3.63, 3.8) is 0 Å². The molecule has 3 N–H and O–H groups in total. The Morgan fingerprint density at radius 2 is 1.90 bits per heavy atom. The number of nitrogens with one attached hydrogen (secondary N) is 1. The van der Waals surface area contributed by atoms with Gasteiger partial charge in [-0.3, -0.25) is 10.6 Å². The Labute approximate surface area is 127 Å². The van der Waals surface area contributed by atoms with Gasteiger partial charge in [-0.15, -0.1) is 0 Å². The predicted octanol–water partition coefficient (Wildman–Crippen LogP) is 2.39. The number of rotatable bonds is 6. The first-order chi connectivity index (χ1) is 9.77. The molecular formula is C15H27N5O. The molecule has 0 aliphatic carbocycles. The molecule has 1 amide bonds. The SMILES string of the molecule is CC(C)CN(C(=O)c1nc(C(C)C)ncc1NN)C(C)C. The number of nitrogens with two attached hydrogens (primary N) is 1. The minimum absolute atomic E-state index is 0.1000. The molecule has 6 heteroatoms. The number of nitrogens with zero attached hydrogens (tertiary/aromatic N) is 3. The molecule has 0 fully saturated rings. The maximum absolute atomic E-state index is 12.8. The van der Waals surface area contributed by atoms with Gasteiger partial charge in [-0.05, 0) is 19.8 Å². The van der Waals surface area contributed by atoms with Gasteiger partial charge in [0.15, 0.2) is 5.69 Å². The Morgan fingerprint density at radius 3 is 2.33 bits per heavy atom. The fraction of sp³-hybridized carbons (Fsp3) is 0.667. The molecule has 1 heterocycles. The van der Waals surface area contributed by atoms with E-state index in [1.165, 1.54) is 0 Å². The van der Waals surface area contributed by atoms with Gasteiger partial charge in [0.05, 0.1) is 11.9 Å². The zero-order valence-corrected chi connectivity index (χ0v) is 13.8. The van der Waals surface area contributed by atoms with Crippen molar-refractivity contribution in [1.82, 2.24) is 14.9 Å². The van der Waals surface area contributed by atoms with Crippen LogP contribution < -0.4 is 11.3 Å². The second-order valence-electron chi connectivity index (χ2n) is 6.23. The van der Waals surface area contributed by atoms with Crippen molar-refractivity contribution < 1.29 is 4.79 Å². The van der Waals surface area contributed by atoms with Gasteiger partial charge in [-0.2, -0.15) is 0 Å². The fourth-order valence-electron chi connectivity index (χ4n) is 2.00. The second kappa shape index (κ2) is 7.36. The van der Waals surface area contributed by atoms with E-state index in [-0.39, 0.29) is 17.9 Å². The first kappa shape index (κ1) is 17.4.